The highest BCUT2D eigenvalue weighted by Gasteiger charge is 2.23. The SMILES string of the molecule is O=C(Nc1ccc(N2CCCC2=O)c(Cl)c1)c1ccncc1. The number of pyridine rings is 1. The third kappa shape index (κ3) is 2.94. The van der Waals surface area contributed by atoms with Crippen molar-refractivity contribution in [1.82, 2.24) is 4.98 Å². The first-order chi connectivity index (χ1) is 10.6. The fourth-order valence-corrected chi connectivity index (χ4v) is 2.70. The van der Waals surface area contributed by atoms with Gasteiger partial charge in [0.1, 0.15) is 0 Å². The van der Waals surface area contributed by atoms with Gasteiger partial charge in [0.15, 0.2) is 0 Å². The van der Waals surface area contributed by atoms with Gasteiger partial charge in [0.2, 0.25) is 5.91 Å². The van der Waals surface area contributed by atoms with Gasteiger partial charge in [-0.15, -0.1) is 0 Å². The molecule has 0 spiro atoms. The number of aromatic nitrogens is 1. The molecule has 1 aliphatic rings. The summed E-state index contributed by atoms with van der Waals surface area (Å²) in [4.78, 5) is 29.4. The Morgan fingerprint density at radius 3 is 2.64 bits per heavy atom. The second-order valence-electron chi connectivity index (χ2n) is 5.01. The van der Waals surface area contributed by atoms with E-state index in [2.05, 4.69) is 10.3 Å². The molecule has 1 N–H and O–H groups in total. The number of anilines is 2. The smallest absolute Gasteiger partial charge is 0.255 e. The van der Waals surface area contributed by atoms with Gasteiger partial charge in [-0.25, -0.2) is 0 Å². The number of halogens is 1. The molecule has 1 aliphatic heterocycles. The zero-order valence-corrected chi connectivity index (χ0v) is 12.5. The van der Waals surface area contributed by atoms with Gasteiger partial charge >= 0.3 is 0 Å². The van der Waals surface area contributed by atoms with E-state index in [1.807, 2.05) is 0 Å². The van der Waals surface area contributed by atoms with Crippen LogP contribution in [-0.2, 0) is 4.79 Å². The maximum Gasteiger partial charge on any atom is 0.255 e. The van der Waals surface area contributed by atoms with Crippen molar-refractivity contribution in [2.24, 2.45) is 0 Å². The van der Waals surface area contributed by atoms with Crippen molar-refractivity contribution in [1.29, 1.82) is 0 Å². The number of nitrogens with one attached hydrogen (secondary N) is 1. The first-order valence-corrected chi connectivity index (χ1v) is 7.34. The molecule has 3 rings (SSSR count). The molecule has 6 heteroatoms. The van der Waals surface area contributed by atoms with Crippen molar-refractivity contribution in [2.45, 2.75) is 12.8 Å². The van der Waals surface area contributed by atoms with E-state index in [0.717, 1.165) is 6.42 Å². The second kappa shape index (κ2) is 6.15. The van der Waals surface area contributed by atoms with E-state index in [1.54, 1.807) is 47.6 Å². The van der Waals surface area contributed by atoms with Crippen LogP contribution in [0.1, 0.15) is 23.2 Å². The highest BCUT2D eigenvalue weighted by atomic mass is 35.5. The average Bonchev–Trinajstić information content (AvgIpc) is 2.94. The molecule has 22 heavy (non-hydrogen) atoms. The van der Waals surface area contributed by atoms with Crippen molar-refractivity contribution in [3.05, 3.63) is 53.3 Å². The van der Waals surface area contributed by atoms with Gasteiger partial charge in [-0.1, -0.05) is 11.6 Å². The van der Waals surface area contributed by atoms with Crippen molar-refractivity contribution < 1.29 is 9.59 Å². The fraction of sp³-hybridized carbons (Fsp3) is 0.188. The lowest BCUT2D eigenvalue weighted by Gasteiger charge is -2.18. The molecule has 2 amide bonds. The fourth-order valence-electron chi connectivity index (χ4n) is 2.41. The first kappa shape index (κ1) is 14.5. The number of nitrogens with zero attached hydrogens (tertiary/aromatic N) is 2. The molecular weight excluding hydrogens is 302 g/mol. The highest BCUT2D eigenvalue weighted by molar-refractivity contribution is 6.34. The van der Waals surface area contributed by atoms with Crippen LogP contribution in [0.3, 0.4) is 0 Å². The molecule has 2 heterocycles. The quantitative estimate of drug-likeness (QED) is 0.946. The van der Waals surface area contributed by atoms with Crippen molar-refractivity contribution in [2.75, 3.05) is 16.8 Å². The lowest BCUT2D eigenvalue weighted by Crippen LogP contribution is -2.24. The van der Waals surface area contributed by atoms with Crippen LogP contribution >= 0.6 is 11.6 Å². The maximum absolute atomic E-state index is 12.1. The zero-order valence-electron chi connectivity index (χ0n) is 11.8. The average molecular weight is 316 g/mol. The Kier molecular flexibility index (Phi) is 4.06. The van der Waals surface area contributed by atoms with Crippen LogP contribution in [0.5, 0.6) is 0 Å². The van der Waals surface area contributed by atoms with E-state index in [9.17, 15) is 9.59 Å². The molecule has 1 aromatic heterocycles. The monoisotopic (exact) mass is 315 g/mol. The van der Waals surface area contributed by atoms with Gasteiger partial charge < -0.3 is 10.2 Å². The predicted molar refractivity (Wildman–Crippen MR) is 85.2 cm³/mol. The summed E-state index contributed by atoms with van der Waals surface area (Å²) >= 11 is 6.25. The van der Waals surface area contributed by atoms with Gasteiger partial charge in [-0.2, -0.15) is 0 Å². The summed E-state index contributed by atoms with van der Waals surface area (Å²) in [6.07, 6.45) is 4.51. The lowest BCUT2D eigenvalue weighted by molar-refractivity contribution is -0.117. The van der Waals surface area contributed by atoms with E-state index in [0.29, 0.717) is 34.9 Å². The summed E-state index contributed by atoms with van der Waals surface area (Å²) in [6, 6.07) is 8.42. The molecule has 0 bridgehead atoms. The minimum Gasteiger partial charge on any atom is -0.322 e. The van der Waals surface area contributed by atoms with Gasteiger partial charge in [-0.05, 0) is 36.8 Å². The Balaban J connectivity index is 1.77. The Labute approximate surface area is 132 Å². The minimum absolute atomic E-state index is 0.0791. The molecule has 0 atom stereocenters. The molecule has 0 aliphatic carbocycles. The molecule has 2 aromatic rings. The van der Waals surface area contributed by atoms with Gasteiger partial charge in [0, 0.05) is 36.6 Å². The van der Waals surface area contributed by atoms with Crippen LogP contribution in [0.15, 0.2) is 42.7 Å². The van der Waals surface area contributed by atoms with Crippen LogP contribution in [-0.4, -0.2) is 23.3 Å². The first-order valence-electron chi connectivity index (χ1n) is 6.96. The van der Waals surface area contributed by atoms with Gasteiger partial charge in [0.05, 0.1) is 10.7 Å². The Bertz CT molecular complexity index is 719. The molecule has 1 saturated heterocycles. The number of benzene rings is 1. The molecule has 5 nitrogen and oxygen atoms in total. The third-order valence-corrected chi connectivity index (χ3v) is 3.82. The van der Waals surface area contributed by atoms with Crippen molar-refractivity contribution >= 4 is 34.8 Å². The number of hydrogen-bond donors (Lipinski definition) is 1. The van der Waals surface area contributed by atoms with Crippen molar-refractivity contribution in [3.63, 3.8) is 0 Å². The molecule has 112 valence electrons. The van der Waals surface area contributed by atoms with Crippen LogP contribution in [0.2, 0.25) is 5.02 Å². The Morgan fingerprint density at radius 1 is 1.23 bits per heavy atom. The predicted octanol–water partition coefficient (Wildman–Crippen LogP) is 3.11. The standard InChI is InChI=1S/C16H14ClN3O2/c17-13-10-12(19-16(22)11-5-7-18-8-6-11)3-4-14(13)20-9-1-2-15(20)21/h3-8,10H,1-2,9H2,(H,19,22). The zero-order chi connectivity index (χ0) is 15.5. The van der Waals surface area contributed by atoms with Crippen LogP contribution in [0.25, 0.3) is 0 Å². The van der Waals surface area contributed by atoms with Gasteiger partial charge in [0.25, 0.3) is 5.91 Å². The number of carbonyl (C=O) groups excluding carboxylic acids is 2. The lowest BCUT2D eigenvalue weighted by atomic mass is 10.2. The van der Waals surface area contributed by atoms with E-state index >= 15 is 0 Å². The summed E-state index contributed by atoms with van der Waals surface area (Å²) in [7, 11) is 0. The van der Waals surface area contributed by atoms with Gasteiger partial charge in [-0.3, -0.25) is 14.6 Å². The molecule has 1 aromatic carbocycles. The second-order valence-corrected chi connectivity index (χ2v) is 5.41. The normalized spacial score (nSPS) is 14.2. The molecule has 0 radical (unpaired) electrons. The Hall–Kier alpha value is -2.40. The number of rotatable bonds is 3. The molecule has 0 unspecified atom stereocenters. The number of carbonyl (C=O) groups is 2. The maximum atomic E-state index is 12.1. The molecule has 0 saturated carbocycles. The van der Waals surface area contributed by atoms with Crippen LogP contribution in [0.4, 0.5) is 11.4 Å². The molecular formula is C16H14ClN3O2. The highest BCUT2D eigenvalue weighted by Crippen LogP contribution is 2.31. The van der Waals surface area contributed by atoms with Crippen LogP contribution in [0, 0.1) is 0 Å². The largest absolute Gasteiger partial charge is 0.322 e. The summed E-state index contributed by atoms with van der Waals surface area (Å²) < 4.78 is 0. The third-order valence-electron chi connectivity index (χ3n) is 3.51. The van der Waals surface area contributed by atoms with E-state index in [1.165, 1.54) is 0 Å². The summed E-state index contributed by atoms with van der Waals surface area (Å²) in [6.45, 7) is 0.682. The van der Waals surface area contributed by atoms with E-state index < -0.39 is 0 Å². The summed E-state index contributed by atoms with van der Waals surface area (Å²) in [5.41, 5.74) is 1.79. The van der Waals surface area contributed by atoms with Crippen molar-refractivity contribution in [3.8, 4) is 0 Å². The minimum atomic E-state index is -0.233. The van der Waals surface area contributed by atoms with E-state index in [-0.39, 0.29) is 11.8 Å². The number of hydrogen-bond acceptors (Lipinski definition) is 3. The topological polar surface area (TPSA) is 62.3 Å². The summed E-state index contributed by atoms with van der Waals surface area (Å²) in [5, 5.41) is 3.22. The Morgan fingerprint density at radius 2 is 2.00 bits per heavy atom. The summed E-state index contributed by atoms with van der Waals surface area (Å²) in [5.74, 6) is -0.154. The number of amides is 2. The molecule has 1 fully saturated rings. The van der Waals surface area contributed by atoms with E-state index in [4.69, 9.17) is 11.6 Å². The van der Waals surface area contributed by atoms with Crippen LogP contribution < -0.4 is 10.2 Å².